The zero-order valence-corrected chi connectivity index (χ0v) is 42.9. The highest BCUT2D eigenvalue weighted by molar-refractivity contribution is 6.10. The molecular formula is C72H50N4O. The first-order chi connectivity index (χ1) is 37.8. The van der Waals surface area contributed by atoms with E-state index in [9.17, 15) is 0 Å². The van der Waals surface area contributed by atoms with Crippen molar-refractivity contribution in [1.29, 1.82) is 0 Å². The molecule has 0 fully saturated rings. The van der Waals surface area contributed by atoms with Crippen LogP contribution in [0.4, 0.5) is 0 Å². The van der Waals surface area contributed by atoms with Crippen LogP contribution in [0, 0.1) is 6.33 Å². The van der Waals surface area contributed by atoms with Crippen LogP contribution in [0.25, 0.3) is 94.5 Å². The van der Waals surface area contributed by atoms with Crippen molar-refractivity contribution in [2.75, 3.05) is 0 Å². The second-order valence-corrected chi connectivity index (χ2v) is 22.0. The van der Waals surface area contributed by atoms with Gasteiger partial charge < -0.3 is 4.74 Å². The van der Waals surface area contributed by atoms with Crippen molar-refractivity contribution < 1.29 is 9.30 Å². The number of hydrogen-bond donors (Lipinski definition) is 0. The molecule has 364 valence electrons. The summed E-state index contributed by atoms with van der Waals surface area (Å²) >= 11 is 0. The monoisotopic (exact) mass is 986 g/mol. The molecule has 5 nitrogen and oxygen atoms in total. The molecule has 4 aliphatic rings. The Kier molecular flexibility index (Phi) is 9.36. The summed E-state index contributed by atoms with van der Waals surface area (Å²) in [5.74, 6) is 2.74. The largest absolute Gasteiger partial charge is 0.458 e. The van der Waals surface area contributed by atoms with Gasteiger partial charge in [0.1, 0.15) is 17.3 Å². The fraction of sp³-hybridized carbons (Fsp3) is 0.0833. The summed E-state index contributed by atoms with van der Waals surface area (Å²) in [6.45, 7) is 6.73. The van der Waals surface area contributed by atoms with Crippen LogP contribution in [-0.4, -0.2) is 14.1 Å². The molecule has 0 spiro atoms. The Labute approximate surface area is 447 Å². The highest BCUT2D eigenvalue weighted by Crippen LogP contribution is 2.57. The van der Waals surface area contributed by atoms with Gasteiger partial charge in [-0.3, -0.25) is 13.7 Å². The van der Waals surface area contributed by atoms with Gasteiger partial charge in [-0.05, 0) is 150 Å². The third-order valence-corrected chi connectivity index (χ3v) is 16.7. The van der Waals surface area contributed by atoms with Gasteiger partial charge in [0.15, 0.2) is 0 Å². The minimum Gasteiger partial charge on any atom is -0.458 e. The number of benzene rings is 10. The van der Waals surface area contributed by atoms with Crippen molar-refractivity contribution in [2.24, 2.45) is 0 Å². The number of hydrogen-bond acceptors (Lipinski definition) is 2. The molecule has 10 aromatic carbocycles. The Morgan fingerprint density at radius 2 is 1.05 bits per heavy atom. The second kappa shape index (κ2) is 16.5. The SMILES string of the molecule is CC(C)(C)c1ccnc(-n2c3ccccc3c3ccc(Oc4cccc(-n5[c-][n+]6c7c(cccc75)-c5c(-c7ccc8c(c7)C7c9ccccc9C8c8ccccc87)cccc5-c5ccccc5-c5ccccc5-6)c4)cc32)c1. The first-order valence-corrected chi connectivity index (χ1v) is 26.8. The lowest BCUT2D eigenvalue weighted by atomic mass is 9.61. The molecule has 3 aromatic heterocycles. The maximum Gasteiger partial charge on any atom is 0.269 e. The summed E-state index contributed by atoms with van der Waals surface area (Å²) in [4.78, 5) is 4.92. The van der Waals surface area contributed by atoms with Gasteiger partial charge in [0, 0.05) is 34.9 Å². The van der Waals surface area contributed by atoms with Crippen molar-refractivity contribution in [1.82, 2.24) is 14.1 Å². The molecular weight excluding hydrogens is 937 g/mol. The molecule has 0 saturated heterocycles. The highest BCUT2D eigenvalue weighted by Gasteiger charge is 2.41. The molecule has 0 saturated carbocycles. The van der Waals surface area contributed by atoms with Crippen LogP contribution in [0.15, 0.2) is 237 Å². The second-order valence-electron chi connectivity index (χ2n) is 22.0. The number of fused-ring (bicyclic) bond motifs is 10. The lowest BCUT2D eigenvalue weighted by Gasteiger charge is -2.42. The van der Waals surface area contributed by atoms with Crippen molar-refractivity contribution in [3.63, 3.8) is 0 Å². The summed E-state index contributed by atoms with van der Waals surface area (Å²) < 4.78 is 13.7. The molecule has 5 heteroatoms. The molecule has 0 radical (unpaired) electrons. The molecule has 13 aromatic rings. The fourth-order valence-corrected chi connectivity index (χ4v) is 13.3. The molecule has 0 unspecified atom stereocenters. The number of rotatable bonds is 5. The highest BCUT2D eigenvalue weighted by atomic mass is 16.5. The van der Waals surface area contributed by atoms with Crippen LogP contribution in [-0.2, 0) is 5.41 Å². The smallest absolute Gasteiger partial charge is 0.269 e. The number of aromatic nitrogens is 4. The minimum atomic E-state index is -0.0265. The third-order valence-electron chi connectivity index (χ3n) is 16.7. The molecule has 0 atom stereocenters. The van der Waals surface area contributed by atoms with E-state index in [2.05, 4.69) is 265 Å². The molecule has 3 aliphatic carbocycles. The summed E-state index contributed by atoms with van der Waals surface area (Å²) in [7, 11) is 0. The zero-order chi connectivity index (χ0) is 51.1. The summed E-state index contributed by atoms with van der Waals surface area (Å²) in [6.07, 6.45) is 5.86. The fourth-order valence-electron chi connectivity index (χ4n) is 13.3. The van der Waals surface area contributed by atoms with Gasteiger partial charge in [-0.2, -0.15) is 0 Å². The van der Waals surface area contributed by atoms with E-state index in [1.54, 1.807) is 0 Å². The van der Waals surface area contributed by atoms with Gasteiger partial charge in [-0.15, -0.1) is 0 Å². The predicted octanol–water partition coefficient (Wildman–Crippen LogP) is 17.3. The van der Waals surface area contributed by atoms with Crippen LogP contribution in [0.1, 0.15) is 71.6 Å². The predicted molar refractivity (Wildman–Crippen MR) is 311 cm³/mol. The van der Waals surface area contributed by atoms with Crippen molar-refractivity contribution in [2.45, 2.75) is 38.0 Å². The topological polar surface area (TPSA) is 35.9 Å². The Morgan fingerprint density at radius 1 is 0.455 bits per heavy atom. The lowest BCUT2D eigenvalue weighted by molar-refractivity contribution is -0.571. The average Bonchev–Trinajstić information content (AvgIpc) is 4.10. The number of pyridine rings is 1. The Hall–Kier alpha value is -9.58. The lowest BCUT2D eigenvalue weighted by Crippen LogP contribution is -2.30. The number of ether oxygens (including phenoxy) is 1. The van der Waals surface area contributed by atoms with E-state index < -0.39 is 0 Å². The van der Waals surface area contributed by atoms with Crippen LogP contribution in [0.2, 0.25) is 0 Å². The Morgan fingerprint density at radius 3 is 1.84 bits per heavy atom. The third kappa shape index (κ3) is 6.53. The van der Waals surface area contributed by atoms with Gasteiger partial charge in [-0.1, -0.05) is 185 Å². The minimum absolute atomic E-state index is 0.0265. The molecule has 4 heterocycles. The van der Waals surface area contributed by atoms with Crippen LogP contribution >= 0.6 is 0 Å². The van der Waals surface area contributed by atoms with E-state index in [1.807, 2.05) is 12.3 Å². The van der Waals surface area contributed by atoms with Gasteiger partial charge in [-0.25, -0.2) is 4.98 Å². The molecule has 0 amide bonds. The van der Waals surface area contributed by atoms with Gasteiger partial charge in [0.05, 0.1) is 33.4 Å². The Balaban J connectivity index is 0.862. The average molecular weight is 987 g/mol. The van der Waals surface area contributed by atoms with Crippen molar-refractivity contribution >= 4 is 32.8 Å². The van der Waals surface area contributed by atoms with E-state index in [1.165, 1.54) is 77.7 Å². The number of nitrogens with zero attached hydrogens (tertiary/aromatic N) is 4. The first kappa shape index (κ1) is 43.8. The van der Waals surface area contributed by atoms with Gasteiger partial charge >= 0.3 is 0 Å². The van der Waals surface area contributed by atoms with Crippen LogP contribution < -0.4 is 9.30 Å². The van der Waals surface area contributed by atoms with E-state index >= 15 is 0 Å². The standard InChI is InChI=1S/C72H50N4O/c1-72(2,3)45-37-38-73-67(40-45)76-64-31-13-11-22-53(64)54-36-34-48(42-66(54)76)77-47-18-14-17-46(41-47)74-43-75-63-30-12-10-21-52(63)50-19-4-5-20-51(50)55-28-15-27-49(68(55)61-29-16-32-65(74)71(61)75)44-33-35-60-62(39-44)70-58-25-8-6-23-56(58)69(60)57-24-7-9-26-59(57)70/h4-42,69-70H,1-3H3. The van der Waals surface area contributed by atoms with Crippen LogP contribution in [0.3, 0.4) is 0 Å². The van der Waals surface area contributed by atoms with E-state index in [0.29, 0.717) is 0 Å². The maximum absolute atomic E-state index is 6.89. The van der Waals surface area contributed by atoms with E-state index in [-0.39, 0.29) is 17.3 Å². The molecule has 0 N–H and O–H groups in total. The molecule has 77 heavy (non-hydrogen) atoms. The number of imidazole rings is 1. The molecule has 1 aliphatic heterocycles. The first-order valence-electron chi connectivity index (χ1n) is 26.8. The van der Waals surface area contributed by atoms with Crippen molar-refractivity contribution in [3.8, 4) is 73.2 Å². The summed E-state index contributed by atoms with van der Waals surface area (Å²) in [6, 6.07) is 84.6. The molecule has 17 rings (SSSR count). The van der Waals surface area contributed by atoms with E-state index in [4.69, 9.17) is 9.72 Å². The number of para-hydroxylation sites is 3. The maximum atomic E-state index is 6.89. The normalized spacial score (nSPS) is 14.7. The van der Waals surface area contributed by atoms with Gasteiger partial charge in [0.25, 0.3) is 6.33 Å². The summed E-state index contributed by atoms with van der Waals surface area (Å²) in [5, 5.41) is 2.32. The quantitative estimate of drug-likeness (QED) is 0.127. The summed E-state index contributed by atoms with van der Waals surface area (Å²) in [5.41, 5.74) is 25.4. The van der Waals surface area contributed by atoms with E-state index in [0.717, 1.165) is 67.3 Å². The van der Waals surface area contributed by atoms with Crippen molar-refractivity contribution in [3.05, 3.63) is 282 Å². The zero-order valence-electron chi connectivity index (χ0n) is 42.9. The molecule has 2 bridgehead atoms. The van der Waals surface area contributed by atoms with Crippen LogP contribution in [0.5, 0.6) is 11.5 Å². The Bertz CT molecular complexity index is 4570. The van der Waals surface area contributed by atoms with Gasteiger partial charge in [0.2, 0.25) is 0 Å².